The number of nitrogens with zero attached hydrogens (tertiary/aromatic N) is 4. The van der Waals surface area contributed by atoms with E-state index >= 15 is 0 Å². The molecule has 2 aromatic heterocycles. The highest BCUT2D eigenvalue weighted by Gasteiger charge is 2.51. The summed E-state index contributed by atoms with van der Waals surface area (Å²) in [4.78, 5) is 26.8. The van der Waals surface area contributed by atoms with Gasteiger partial charge in [-0.25, -0.2) is 9.38 Å². The van der Waals surface area contributed by atoms with Gasteiger partial charge in [0.15, 0.2) is 5.96 Å². The van der Waals surface area contributed by atoms with Gasteiger partial charge in [-0.3, -0.25) is 19.7 Å². The van der Waals surface area contributed by atoms with Crippen LogP contribution in [0.15, 0.2) is 53.2 Å². The fourth-order valence-corrected chi connectivity index (χ4v) is 3.88. The van der Waals surface area contributed by atoms with E-state index in [1.807, 2.05) is 0 Å². The van der Waals surface area contributed by atoms with E-state index in [2.05, 4.69) is 15.0 Å². The molecule has 1 aliphatic rings. The number of halogens is 4. The van der Waals surface area contributed by atoms with Gasteiger partial charge in [-0.05, 0) is 29.8 Å². The Morgan fingerprint density at radius 1 is 1.20 bits per heavy atom. The monoisotopic (exact) mass is 435 g/mol. The number of amides is 1. The largest absolute Gasteiger partial charge is 0.416 e. The van der Waals surface area contributed by atoms with E-state index in [-0.39, 0.29) is 22.8 Å². The summed E-state index contributed by atoms with van der Waals surface area (Å²) >= 11 is 1.17. The second kappa shape index (κ2) is 6.87. The zero-order valence-electron chi connectivity index (χ0n) is 15.3. The molecule has 6 nitrogen and oxygen atoms in total. The third-order valence-corrected chi connectivity index (χ3v) is 5.59. The lowest BCUT2D eigenvalue weighted by Gasteiger charge is -2.26. The molecule has 0 radical (unpaired) electrons. The zero-order chi connectivity index (χ0) is 21.7. The molecule has 1 aromatic carbocycles. The van der Waals surface area contributed by atoms with Crippen LogP contribution in [0.4, 0.5) is 17.6 Å². The summed E-state index contributed by atoms with van der Waals surface area (Å²) in [5.41, 5.74) is 4.37. The zero-order valence-corrected chi connectivity index (χ0v) is 16.1. The molecule has 30 heavy (non-hydrogen) atoms. The number of aliphatic imine (C=N–C) groups is 1. The number of alkyl halides is 3. The summed E-state index contributed by atoms with van der Waals surface area (Å²) in [6.07, 6.45) is -2.26. The van der Waals surface area contributed by atoms with Crippen molar-refractivity contribution in [3.63, 3.8) is 0 Å². The molecule has 1 amide bonds. The Hall–Kier alpha value is -3.34. The van der Waals surface area contributed by atoms with Crippen molar-refractivity contribution >= 4 is 23.2 Å². The second-order valence-corrected chi connectivity index (χ2v) is 7.42. The van der Waals surface area contributed by atoms with Gasteiger partial charge in [0, 0.05) is 25.0 Å². The molecule has 0 bridgehead atoms. The summed E-state index contributed by atoms with van der Waals surface area (Å²) in [7, 11) is 1.35. The lowest BCUT2D eigenvalue weighted by Crippen LogP contribution is -2.41. The van der Waals surface area contributed by atoms with Gasteiger partial charge in [0.2, 0.25) is 5.54 Å². The summed E-state index contributed by atoms with van der Waals surface area (Å²) in [6.45, 7) is 0. The molecule has 3 aromatic rings. The third kappa shape index (κ3) is 3.02. The van der Waals surface area contributed by atoms with E-state index in [9.17, 15) is 22.4 Å². The van der Waals surface area contributed by atoms with Crippen molar-refractivity contribution in [3.05, 3.63) is 70.9 Å². The van der Waals surface area contributed by atoms with Gasteiger partial charge in [0.1, 0.15) is 5.82 Å². The maximum absolute atomic E-state index is 14.5. The third-order valence-electron chi connectivity index (χ3n) is 4.78. The van der Waals surface area contributed by atoms with E-state index in [1.54, 1.807) is 0 Å². The summed E-state index contributed by atoms with van der Waals surface area (Å²) in [6, 6.07) is 5.32. The molecular formula is C19H13F4N5OS. The van der Waals surface area contributed by atoms with Gasteiger partial charge in [0.25, 0.3) is 5.91 Å². The van der Waals surface area contributed by atoms with Gasteiger partial charge in [0.05, 0.1) is 21.6 Å². The van der Waals surface area contributed by atoms with E-state index in [1.165, 1.54) is 42.2 Å². The molecule has 1 unspecified atom stereocenters. The quantitative estimate of drug-likeness (QED) is 0.640. The predicted molar refractivity (Wildman–Crippen MR) is 102 cm³/mol. The van der Waals surface area contributed by atoms with Gasteiger partial charge < -0.3 is 5.73 Å². The number of benzene rings is 1. The number of hydrogen-bond acceptors (Lipinski definition) is 6. The van der Waals surface area contributed by atoms with Gasteiger partial charge in [-0.2, -0.15) is 13.2 Å². The van der Waals surface area contributed by atoms with Crippen LogP contribution in [0.2, 0.25) is 0 Å². The number of hydrogen-bond donors (Lipinski definition) is 1. The van der Waals surface area contributed by atoms with Crippen molar-refractivity contribution in [3.8, 4) is 10.4 Å². The minimum Gasteiger partial charge on any atom is -0.369 e. The number of likely N-dealkylation sites (N-methyl/N-ethyl adjacent to an activating group) is 1. The number of rotatable bonds is 3. The van der Waals surface area contributed by atoms with Crippen LogP contribution in [0, 0.1) is 5.82 Å². The maximum atomic E-state index is 14.5. The van der Waals surface area contributed by atoms with Crippen LogP contribution in [-0.2, 0) is 16.5 Å². The number of guanidine groups is 1. The Morgan fingerprint density at radius 2 is 1.97 bits per heavy atom. The fourth-order valence-electron chi connectivity index (χ4n) is 3.24. The van der Waals surface area contributed by atoms with Crippen molar-refractivity contribution in [2.24, 2.45) is 10.7 Å². The first-order chi connectivity index (χ1) is 14.1. The molecule has 1 aliphatic heterocycles. The minimum absolute atomic E-state index is 0.136. The average molecular weight is 435 g/mol. The van der Waals surface area contributed by atoms with E-state index < -0.39 is 29.0 Å². The maximum Gasteiger partial charge on any atom is 0.416 e. The van der Waals surface area contributed by atoms with Crippen LogP contribution >= 0.6 is 11.3 Å². The molecule has 0 saturated carbocycles. The van der Waals surface area contributed by atoms with Crippen LogP contribution < -0.4 is 5.73 Å². The lowest BCUT2D eigenvalue weighted by molar-refractivity contribution is -0.138. The highest BCUT2D eigenvalue weighted by atomic mass is 32.1. The van der Waals surface area contributed by atoms with Crippen molar-refractivity contribution < 1.29 is 22.4 Å². The van der Waals surface area contributed by atoms with Crippen LogP contribution in [0.25, 0.3) is 10.4 Å². The van der Waals surface area contributed by atoms with Crippen LogP contribution in [0.5, 0.6) is 0 Å². The van der Waals surface area contributed by atoms with E-state index in [0.717, 1.165) is 29.3 Å². The number of thiazole rings is 1. The number of carbonyl (C=O) groups is 1. The molecule has 3 heterocycles. The lowest BCUT2D eigenvalue weighted by atomic mass is 9.84. The molecule has 154 valence electrons. The van der Waals surface area contributed by atoms with Crippen molar-refractivity contribution in [1.29, 1.82) is 0 Å². The smallest absolute Gasteiger partial charge is 0.369 e. The summed E-state index contributed by atoms with van der Waals surface area (Å²) in [5, 5.41) is 0. The van der Waals surface area contributed by atoms with Crippen LogP contribution in [0.3, 0.4) is 0 Å². The van der Waals surface area contributed by atoms with Gasteiger partial charge >= 0.3 is 6.18 Å². The molecular weight excluding hydrogens is 422 g/mol. The Bertz CT molecular complexity index is 1160. The van der Waals surface area contributed by atoms with E-state index in [0.29, 0.717) is 4.88 Å². The fraction of sp³-hybridized carbons (Fsp3) is 0.158. The van der Waals surface area contributed by atoms with Crippen molar-refractivity contribution in [2.45, 2.75) is 11.7 Å². The van der Waals surface area contributed by atoms with Gasteiger partial charge in [-0.1, -0.05) is 6.07 Å². The van der Waals surface area contributed by atoms with Crippen molar-refractivity contribution in [1.82, 2.24) is 14.9 Å². The standard InChI is InChI=1S/C19H13F4N5OS/c1-28-16(29)18(27-17(28)24,15-7-11(4-5-26-15)19(21,22)23)10-2-3-13(20)12(6-10)14-8-25-9-30-14/h2-9H,1H3,(H2,24,27). The topological polar surface area (TPSA) is 84.5 Å². The first-order valence-corrected chi connectivity index (χ1v) is 9.38. The molecule has 1 atom stereocenters. The molecule has 0 spiro atoms. The number of nitrogens with two attached hydrogens (primary N) is 1. The van der Waals surface area contributed by atoms with Crippen LogP contribution in [0.1, 0.15) is 16.8 Å². The van der Waals surface area contributed by atoms with Crippen molar-refractivity contribution in [2.75, 3.05) is 7.05 Å². The predicted octanol–water partition coefficient (Wildman–Crippen LogP) is 3.39. The highest BCUT2D eigenvalue weighted by molar-refractivity contribution is 7.13. The molecule has 4 rings (SSSR count). The molecule has 0 fully saturated rings. The Labute approximate surface area is 171 Å². The highest BCUT2D eigenvalue weighted by Crippen LogP contribution is 2.42. The summed E-state index contributed by atoms with van der Waals surface area (Å²) < 4.78 is 54.4. The van der Waals surface area contributed by atoms with E-state index in [4.69, 9.17) is 5.73 Å². The molecule has 0 aliphatic carbocycles. The first kappa shape index (κ1) is 20.0. The molecule has 2 N–H and O–H groups in total. The first-order valence-electron chi connectivity index (χ1n) is 8.50. The summed E-state index contributed by atoms with van der Waals surface area (Å²) in [5.74, 6) is -1.47. The minimum atomic E-state index is -4.65. The Balaban J connectivity index is 1.99. The van der Waals surface area contributed by atoms with Gasteiger partial charge in [-0.15, -0.1) is 11.3 Å². The normalized spacial score (nSPS) is 19.3. The van der Waals surface area contributed by atoms with Crippen LogP contribution in [-0.4, -0.2) is 33.8 Å². The molecule has 0 saturated heterocycles. The SMILES string of the molecule is CN1C(=O)C(c2ccc(F)c(-c3cncs3)c2)(c2cc(C(F)(F)F)ccn2)N=C1N. The molecule has 11 heteroatoms. The second-order valence-electron chi connectivity index (χ2n) is 6.53. The Morgan fingerprint density at radius 3 is 2.57 bits per heavy atom. The average Bonchev–Trinajstić information content (AvgIpc) is 3.32. The number of aromatic nitrogens is 2. The number of pyridine rings is 1. The Kier molecular flexibility index (Phi) is 4.57. The number of carbonyl (C=O) groups excluding carboxylic acids is 1.